The van der Waals surface area contributed by atoms with Crippen LogP contribution in [-0.2, 0) is 10.9 Å². The highest BCUT2D eigenvalue weighted by atomic mass is 32.2. The van der Waals surface area contributed by atoms with Crippen LogP contribution in [0.3, 0.4) is 0 Å². The summed E-state index contributed by atoms with van der Waals surface area (Å²) < 4.78 is 0. The molecule has 0 nitrogen and oxygen atoms in total. The maximum atomic E-state index is 2.47. The molecule has 0 saturated heterocycles. The van der Waals surface area contributed by atoms with Gasteiger partial charge in [0.05, 0.1) is 0 Å². The van der Waals surface area contributed by atoms with Crippen molar-refractivity contribution < 1.29 is 0 Å². The molecular weight excluding hydrogens is 609 g/mol. The van der Waals surface area contributed by atoms with Crippen LogP contribution in [0.5, 0.6) is 0 Å². The molecule has 0 aliphatic heterocycles. The molecule has 0 fully saturated rings. The first-order chi connectivity index (χ1) is 24.3. The Morgan fingerprint density at radius 2 is 0.612 bits per heavy atom. The van der Waals surface area contributed by atoms with Crippen molar-refractivity contribution >= 4 is 43.2 Å². The highest BCUT2D eigenvalue weighted by Gasteiger charge is 2.36. The van der Waals surface area contributed by atoms with Gasteiger partial charge < -0.3 is 0 Å². The second-order valence-corrected chi connectivity index (χ2v) is 14.4. The zero-order valence-corrected chi connectivity index (χ0v) is 27.8. The Morgan fingerprint density at radius 1 is 0.265 bits per heavy atom. The molecule has 9 rings (SSSR count). The van der Waals surface area contributed by atoms with E-state index in [1.807, 2.05) is 0 Å². The van der Waals surface area contributed by atoms with E-state index in [2.05, 4.69) is 200 Å². The summed E-state index contributed by atoms with van der Waals surface area (Å²) in [5, 5.41) is 7.51. The molecule has 49 heavy (non-hydrogen) atoms. The molecule has 0 saturated carbocycles. The maximum absolute atomic E-state index is 2.47. The summed E-state index contributed by atoms with van der Waals surface area (Å²) in [6, 6.07) is 73.7. The average molecular weight is 642 g/mol. The lowest BCUT2D eigenvalue weighted by Gasteiger charge is -2.21. The monoisotopic (exact) mass is 641 g/mol. The molecule has 0 heterocycles. The van der Waals surface area contributed by atoms with Crippen LogP contribution >= 0.6 is 0 Å². The minimum absolute atomic E-state index is 0.416. The van der Waals surface area contributed by atoms with Gasteiger partial charge in [-0.15, -0.1) is 0 Å². The summed E-state index contributed by atoms with van der Waals surface area (Å²) in [5.74, 6) is 0. The maximum Gasteiger partial charge on any atom is 0.182 e. The number of rotatable bonds is 6. The van der Waals surface area contributed by atoms with E-state index in [0.717, 1.165) is 0 Å². The summed E-state index contributed by atoms with van der Waals surface area (Å²) >= 11 is 0. The van der Waals surface area contributed by atoms with Crippen LogP contribution in [-0.4, -0.2) is 0 Å². The standard InChI is InChI=1S/C48H33S/c1-3-22-38(23-4-1)49(39-24-5-2-6-25-39)48-46(44-30-14-20-35-17-8-11-27-41(35)44)32-37(43-29-13-19-34-16-7-10-26-40(34)43)33-47(48)45-31-15-21-36-18-9-12-28-42(36)45/h1-33H/q+1. The van der Waals surface area contributed by atoms with Crippen molar-refractivity contribution in [3.63, 3.8) is 0 Å². The van der Waals surface area contributed by atoms with Gasteiger partial charge in [0.1, 0.15) is 10.9 Å². The Bertz CT molecular complexity index is 2450. The highest BCUT2D eigenvalue weighted by molar-refractivity contribution is 7.97. The number of hydrogen-bond donors (Lipinski definition) is 0. The van der Waals surface area contributed by atoms with E-state index in [9.17, 15) is 0 Å². The topological polar surface area (TPSA) is 0 Å². The Hall–Kier alpha value is -5.89. The molecule has 0 bridgehead atoms. The van der Waals surface area contributed by atoms with E-state index >= 15 is 0 Å². The molecule has 0 aromatic heterocycles. The second-order valence-electron chi connectivity index (χ2n) is 12.4. The van der Waals surface area contributed by atoms with E-state index < -0.39 is 10.9 Å². The lowest BCUT2D eigenvalue weighted by atomic mass is 9.88. The molecular formula is C48H33S+. The van der Waals surface area contributed by atoms with E-state index in [1.54, 1.807) is 0 Å². The summed E-state index contributed by atoms with van der Waals surface area (Å²) in [6.07, 6.45) is 0. The van der Waals surface area contributed by atoms with Gasteiger partial charge in [0.15, 0.2) is 14.7 Å². The molecule has 9 aromatic carbocycles. The second kappa shape index (κ2) is 12.6. The molecule has 0 spiro atoms. The SMILES string of the molecule is c1ccc([S+](c2ccccc2)c2c(-c3cccc4ccccc34)cc(-c3cccc4ccccc34)cc2-c2cccc3ccccc23)cc1. The van der Waals surface area contributed by atoms with Crippen molar-refractivity contribution in [2.45, 2.75) is 14.7 Å². The van der Waals surface area contributed by atoms with Gasteiger partial charge in [-0.05, 0) is 91.0 Å². The lowest BCUT2D eigenvalue weighted by molar-refractivity contribution is 1.32. The van der Waals surface area contributed by atoms with Gasteiger partial charge in [-0.25, -0.2) is 0 Å². The average Bonchev–Trinajstić information content (AvgIpc) is 3.18. The summed E-state index contributed by atoms with van der Waals surface area (Å²) in [6.45, 7) is 0. The minimum atomic E-state index is -0.416. The Morgan fingerprint density at radius 3 is 1.06 bits per heavy atom. The van der Waals surface area contributed by atoms with E-state index in [0.29, 0.717) is 0 Å². The number of fused-ring (bicyclic) bond motifs is 3. The van der Waals surface area contributed by atoms with Crippen LogP contribution in [0.4, 0.5) is 0 Å². The molecule has 0 atom stereocenters. The zero-order valence-electron chi connectivity index (χ0n) is 27.0. The normalized spacial score (nSPS) is 11.4. The van der Waals surface area contributed by atoms with Crippen molar-refractivity contribution in [1.29, 1.82) is 0 Å². The quantitative estimate of drug-likeness (QED) is 0.159. The Labute approximate surface area is 290 Å². The van der Waals surface area contributed by atoms with Gasteiger partial charge in [0.25, 0.3) is 0 Å². The van der Waals surface area contributed by atoms with Gasteiger partial charge in [-0.1, -0.05) is 164 Å². The Kier molecular flexibility index (Phi) is 7.53. The van der Waals surface area contributed by atoms with E-state index in [-0.39, 0.29) is 0 Å². The predicted molar refractivity (Wildman–Crippen MR) is 210 cm³/mol. The third-order valence-electron chi connectivity index (χ3n) is 9.51. The smallest absolute Gasteiger partial charge is 0.0619 e. The fourth-order valence-electron chi connectivity index (χ4n) is 7.29. The predicted octanol–water partition coefficient (Wildman–Crippen LogP) is 13.2. The molecule has 0 aliphatic rings. The van der Waals surface area contributed by atoms with Crippen LogP contribution < -0.4 is 0 Å². The molecule has 0 unspecified atom stereocenters. The fourth-order valence-corrected chi connectivity index (χ4v) is 9.67. The summed E-state index contributed by atoms with van der Waals surface area (Å²) in [7, 11) is -0.416. The van der Waals surface area contributed by atoms with Gasteiger partial charge in [-0.2, -0.15) is 0 Å². The highest BCUT2D eigenvalue weighted by Crippen LogP contribution is 2.48. The Balaban J connectivity index is 1.49. The van der Waals surface area contributed by atoms with Gasteiger partial charge >= 0.3 is 0 Å². The number of hydrogen-bond acceptors (Lipinski definition) is 0. The molecule has 0 N–H and O–H groups in total. The fraction of sp³-hybridized carbons (Fsp3) is 0. The minimum Gasteiger partial charge on any atom is -0.0619 e. The van der Waals surface area contributed by atoms with Crippen molar-refractivity contribution in [1.82, 2.24) is 0 Å². The third kappa shape index (κ3) is 5.30. The third-order valence-corrected chi connectivity index (χ3v) is 11.8. The van der Waals surface area contributed by atoms with Crippen LogP contribution in [0, 0.1) is 0 Å². The van der Waals surface area contributed by atoms with Crippen LogP contribution in [0.15, 0.2) is 215 Å². The van der Waals surface area contributed by atoms with Gasteiger partial charge in [0.2, 0.25) is 0 Å². The molecule has 230 valence electrons. The first kappa shape index (κ1) is 29.3. The van der Waals surface area contributed by atoms with Crippen molar-refractivity contribution in [2.24, 2.45) is 0 Å². The van der Waals surface area contributed by atoms with Crippen LogP contribution in [0.25, 0.3) is 65.7 Å². The van der Waals surface area contributed by atoms with Crippen LogP contribution in [0.1, 0.15) is 0 Å². The first-order valence-electron chi connectivity index (χ1n) is 16.8. The summed E-state index contributed by atoms with van der Waals surface area (Å²) in [5.41, 5.74) is 7.49. The van der Waals surface area contributed by atoms with Crippen LogP contribution in [0.2, 0.25) is 0 Å². The van der Waals surface area contributed by atoms with E-state index in [4.69, 9.17) is 0 Å². The molecule has 1 heteroatoms. The zero-order chi connectivity index (χ0) is 32.6. The number of benzene rings is 9. The molecule has 0 radical (unpaired) electrons. The molecule has 9 aromatic rings. The van der Waals surface area contributed by atoms with E-state index in [1.165, 1.54) is 80.4 Å². The lowest BCUT2D eigenvalue weighted by Crippen LogP contribution is -2.09. The van der Waals surface area contributed by atoms with Gasteiger partial charge in [-0.3, -0.25) is 0 Å². The molecule has 0 amide bonds. The van der Waals surface area contributed by atoms with Gasteiger partial charge in [0, 0.05) is 11.1 Å². The largest absolute Gasteiger partial charge is 0.182 e. The van der Waals surface area contributed by atoms with Crippen molar-refractivity contribution in [2.75, 3.05) is 0 Å². The summed E-state index contributed by atoms with van der Waals surface area (Å²) in [4.78, 5) is 3.94. The first-order valence-corrected chi connectivity index (χ1v) is 18.0. The van der Waals surface area contributed by atoms with Crippen molar-refractivity contribution in [3.05, 3.63) is 200 Å². The van der Waals surface area contributed by atoms with Crippen molar-refractivity contribution in [3.8, 4) is 33.4 Å². The molecule has 0 aliphatic carbocycles.